The van der Waals surface area contributed by atoms with E-state index >= 15 is 0 Å². The van der Waals surface area contributed by atoms with Crippen LogP contribution in [0.2, 0.25) is 0 Å². The van der Waals surface area contributed by atoms with E-state index in [1.54, 1.807) is 43.3 Å². The molecule has 0 unspecified atom stereocenters. The van der Waals surface area contributed by atoms with Gasteiger partial charge >= 0.3 is 5.97 Å². The van der Waals surface area contributed by atoms with Gasteiger partial charge in [0.2, 0.25) is 0 Å². The van der Waals surface area contributed by atoms with Gasteiger partial charge in [-0.15, -0.1) is 23.7 Å². The maximum atomic E-state index is 13.0. The molecule has 35 heavy (non-hydrogen) atoms. The fourth-order valence-corrected chi connectivity index (χ4v) is 5.33. The number of esters is 1. The lowest BCUT2D eigenvalue weighted by molar-refractivity contribution is 0.0526. The van der Waals surface area contributed by atoms with Crippen LogP contribution in [-0.2, 0) is 17.7 Å². The minimum atomic E-state index is -0.405. The van der Waals surface area contributed by atoms with Crippen molar-refractivity contribution in [3.8, 4) is 0 Å². The minimum absolute atomic E-state index is 0. The SMILES string of the molecule is CCOC(=O)c1c(NC(=O)c2ccc(C(=O)c3ccccc3)cc2)sc2c1CCN(C(C)C)C2.Cl. The molecule has 0 saturated heterocycles. The number of halogens is 1. The van der Waals surface area contributed by atoms with Gasteiger partial charge in [0.05, 0.1) is 12.2 Å². The Labute approximate surface area is 215 Å². The van der Waals surface area contributed by atoms with Gasteiger partial charge in [0.25, 0.3) is 5.91 Å². The van der Waals surface area contributed by atoms with Crippen molar-refractivity contribution in [3.63, 3.8) is 0 Å². The van der Waals surface area contributed by atoms with Crippen LogP contribution in [-0.4, -0.2) is 41.8 Å². The number of hydrogen-bond donors (Lipinski definition) is 1. The molecule has 2 heterocycles. The highest BCUT2D eigenvalue weighted by molar-refractivity contribution is 7.17. The van der Waals surface area contributed by atoms with Crippen LogP contribution >= 0.6 is 23.7 Å². The number of thiophene rings is 1. The molecule has 3 aromatic rings. The van der Waals surface area contributed by atoms with Crippen LogP contribution in [0.1, 0.15) is 67.8 Å². The fourth-order valence-electron chi connectivity index (χ4n) is 4.08. The fraction of sp³-hybridized carbons (Fsp3) is 0.296. The van der Waals surface area contributed by atoms with Crippen molar-refractivity contribution in [2.24, 2.45) is 0 Å². The molecular weight excluding hydrogens is 484 g/mol. The Bertz CT molecular complexity index is 1210. The second-order valence-electron chi connectivity index (χ2n) is 8.47. The first-order chi connectivity index (χ1) is 16.4. The number of nitrogens with one attached hydrogen (secondary N) is 1. The van der Waals surface area contributed by atoms with E-state index < -0.39 is 5.97 Å². The van der Waals surface area contributed by atoms with Crippen molar-refractivity contribution < 1.29 is 19.1 Å². The van der Waals surface area contributed by atoms with Crippen molar-refractivity contribution in [2.45, 2.75) is 39.8 Å². The number of nitrogens with zero attached hydrogens (tertiary/aromatic N) is 1. The molecule has 1 aromatic heterocycles. The molecule has 0 bridgehead atoms. The number of ketones is 1. The summed E-state index contributed by atoms with van der Waals surface area (Å²) in [7, 11) is 0. The molecule has 0 aliphatic carbocycles. The number of hydrogen-bond acceptors (Lipinski definition) is 6. The summed E-state index contributed by atoms with van der Waals surface area (Å²) >= 11 is 1.44. The monoisotopic (exact) mass is 512 g/mol. The Kier molecular flexibility index (Phi) is 8.83. The first-order valence-corrected chi connectivity index (χ1v) is 12.3. The summed E-state index contributed by atoms with van der Waals surface area (Å²) in [6, 6.07) is 16.0. The Balaban J connectivity index is 0.00000342. The van der Waals surface area contributed by atoms with Crippen molar-refractivity contribution in [3.05, 3.63) is 87.3 Å². The average molecular weight is 513 g/mol. The molecular formula is C27H29ClN2O4S. The van der Waals surface area contributed by atoms with Gasteiger partial charge < -0.3 is 10.1 Å². The highest BCUT2D eigenvalue weighted by Gasteiger charge is 2.30. The van der Waals surface area contributed by atoms with Crippen LogP contribution in [0.15, 0.2) is 54.6 Å². The lowest BCUT2D eigenvalue weighted by Crippen LogP contribution is -2.35. The number of benzene rings is 2. The average Bonchev–Trinajstić information content (AvgIpc) is 3.21. The molecule has 4 rings (SSSR count). The van der Waals surface area contributed by atoms with Gasteiger partial charge in [0.1, 0.15) is 5.00 Å². The minimum Gasteiger partial charge on any atom is -0.462 e. The molecule has 1 aliphatic heterocycles. The second-order valence-corrected chi connectivity index (χ2v) is 9.57. The molecule has 1 N–H and O–H groups in total. The van der Waals surface area contributed by atoms with Gasteiger partial charge in [-0.3, -0.25) is 14.5 Å². The first kappa shape index (κ1) is 26.6. The van der Waals surface area contributed by atoms with E-state index in [1.165, 1.54) is 11.3 Å². The number of anilines is 1. The number of amides is 1. The van der Waals surface area contributed by atoms with Crippen LogP contribution in [0.4, 0.5) is 5.00 Å². The van der Waals surface area contributed by atoms with E-state index in [1.807, 2.05) is 18.2 Å². The molecule has 0 saturated carbocycles. The largest absolute Gasteiger partial charge is 0.462 e. The molecule has 0 fully saturated rings. The van der Waals surface area contributed by atoms with Gasteiger partial charge in [-0.1, -0.05) is 42.5 Å². The van der Waals surface area contributed by atoms with E-state index in [0.29, 0.717) is 33.3 Å². The van der Waals surface area contributed by atoms with Crippen LogP contribution in [0.25, 0.3) is 0 Å². The Morgan fingerprint density at radius 3 is 2.26 bits per heavy atom. The number of fused-ring (bicyclic) bond motifs is 1. The number of ether oxygens (including phenoxy) is 1. The standard InChI is InChI=1S/C27H28N2O4S.ClH/c1-4-33-27(32)23-21-14-15-29(17(2)3)16-22(21)34-26(23)28-25(31)20-12-10-19(11-13-20)24(30)18-8-6-5-7-9-18;/h5-13,17H,4,14-16H2,1-3H3,(H,28,31);1H. The maximum absolute atomic E-state index is 13.0. The lowest BCUT2D eigenvalue weighted by Gasteiger charge is -2.30. The Hall–Kier alpha value is -3.00. The summed E-state index contributed by atoms with van der Waals surface area (Å²) in [5.41, 5.74) is 2.96. The van der Waals surface area contributed by atoms with Gasteiger partial charge in [-0.25, -0.2) is 4.79 Å². The molecule has 8 heteroatoms. The zero-order chi connectivity index (χ0) is 24.2. The third-order valence-electron chi connectivity index (χ3n) is 5.97. The van der Waals surface area contributed by atoms with Crippen LogP contribution in [0.5, 0.6) is 0 Å². The first-order valence-electron chi connectivity index (χ1n) is 11.5. The normalized spacial score (nSPS) is 13.0. The molecule has 1 amide bonds. The van der Waals surface area contributed by atoms with Crippen LogP contribution in [0, 0.1) is 0 Å². The van der Waals surface area contributed by atoms with Gasteiger partial charge in [-0.05, 0) is 44.9 Å². The van der Waals surface area contributed by atoms with Crippen LogP contribution < -0.4 is 5.32 Å². The number of rotatable bonds is 7. The van der Waals surface area contributed by atoms with E-state index in [-0.39, 0.29) is 30.7 Å². The second kappa shape index (κ2) is 11.6. The smallest absolute Gasteiger partial charge is 0.341 e. The zero-order valence-corrected chi connectivity index (χ0v) is 21.6. The molecule has 184 valence electrons. The Morgan fingerprint density at radius 1 is 1.00 bits per heavy atom. The van der Waals surface area contributed by atoms with Crippen molar-refractivity contribution >= 4 is 46.4 Å². The predicted molar refractivity (Wildman–Crippen MR) is 141 cm³/mol. The van der Waals surface area contributed by atoms with Crippen molar-refractivity contribution in [2.75, 3.05) is 18.5 Å². The van der Waals surface area contributed by atoms with E-state index in [2.05, 4.69) is 24.1 Å². The summed E-state index contributed by atoms with van der Waals surface area (Å²) in [6.07, 6.45) is 0.740. The van der Waals surface area contributed by atoms with E-state index in [0.717, 1.165) is 30.0 Å². The van der Waals surface area contributed by atoms with Crippen LogP contribution in [0.3, 0.4) is 0 Å². The van der Waals surface area contributed by atoms with Crippen molar-refractivity contribution in [1.82, 2.24) is 4.90 Å². The third kappa shape index (κ3) is 5.81. The molecule has 2 aromatic carbocycles. The molecule has 0 atom stereocenters. The molecule has 0 radical (unpaired) electrons. The van der Waals surface area contributed by atoms with Gasteiger partial charge in [-0.2, -0.15) is 0 Å². The predicted octanol–water partition coefficient (Wildman–Crippen LogP) is 5.60. The number of carbonyl (C=O) groups excluding carboxylic acids is 3. The summed E-state index contributed by atoms with van der Waals surface area (Å²) < 4.78 is 5.30. The maximum Gasteiger partial charge on any atom is 0.341 e. The van der Waals surface area contributed by atoms with Crippen molar-refractivity contribution in [1.29, 1.82) is 0 Å². The van der Waals surface area contributed by atoms with Gasteiger partial charge in [0, 0.05) is 40.7 Å². The molecule has 1 aliphatic rings. The molecule has 0 spiro atoms. The highest BCUT2D eigenvalue weighted by Crippen LogP contribution is 2.38. The lowest BCUT2D eigenvalue weighted by atomic mass is 10.0. The Morgan fingerprint density at radius 2 is 1.63 bits per heavy atom. The number of carbonyl (C=O) groups is 3. The third-order valence-corrected chi connectivity index (χ3v) is 7.10. The zero-order valence-electron chi connectivity index (χ0n) is 20.0. The van der Waals surface area contributed by atoms with Gasteiger partial charge in [0.15, 0.2) is 5.78 Å². The summed E-state index contributed by atoms with van der Waals surface area (Å²) in [4.78, 5) is 41.9. The summed E-state index contributed by atoms with van der Waals surface area (Å²) in [6.45, 7) is 7.95. The quantitative estimate of drug-likeness (QED) is 0.329. The highest BCUT2D eigenvalue weighted by atomic mass is 35.5. The van der Waals surface area contributed by atoms with E-state index in [9.17, 15) is 14.4 Å². The summed E-state index contributed by atoms with van der Waals surface area (Å²) in [5.74, 6) is -0.835. The molecule has 6 nitrogen and oxygen atoms in total. The van der Waals surface area contributed by atoms with E-state index in [4.69, 9.17) is 4.74 Å². The summed E-state index contributed by atoms with van der Waals surface area (Å²) in [5, 5.41) is 3.44. The topological polar surface area (TPSA) is 75.7 Å².